The largest absolute Gasteiger partial charge is 0.369 e. The summed E-state index contributed by atoms with van der Waals surface area (Å²) in [5, 5.41) is 4.25. The molecule has 1 aliphatic rings. The van der Waals surface area contributed by atoms with E-state index in [0.29, 0.717) is 19.0 Å². The Bertz CT molecular complexity index is 913. The van der Waals surface area contributed by atoms with Gasteiger partial charge in [-0.2, -0.15) is 0 Å². The van der Waals surface area contributed by atoms with E-state index in [1.165, 1.54) is 5.69 Å². The normalized spacial score (nSPS) is 16.2. The average molecular weight is 377 g/mol. The van der Waals surface area contributed by atoms with Crippen molar-refractivity contribution in [2.24, 2.45) is 0 Å². The average Bonchev–Trinajstić information content (AvgIpc) is 3.15. The van der Waals surface area contributed by atoms with Gasteiger partial charge in [-0.15, -0.1) is 0 Å². The molecule has 1 unspecified atom stereocenters. The minimum atomic E-state index is 0.0829. The zero-order chi connectivity index (χ0) is 19.3. The maximum Gasteiger partial charge on any atom is 0.224 e. The lowest BCUT2D eigenvalue weighted by atomic mass is 10.1. The number of piperazine rings is 1. The van der Waals surface area contributed by atoms with Crippen molar-refractivity contribution in [2.75, 3.05) is 37.6 Å². The topological polar surface area (TPSA) is 51.4 Å². The van der Waals surface area contributed by atoms with Crippen LogP contribution in [-0.4, -0.2) is 54.6 Å². The summed E-state index contributed by atoms with van der Waals surface area (Å²) in [5.41, 5.74) is 3.43. The summed E-state index contributed by atoms with van der Waals surface area (Å²) in [5.74, 6) is 0.0829. The lowest BCUT2D eigenvalue weighted by Gasteiger charge is -2.39. The highest BCUT2D eigenvalue weighted by Crippen LogP contribution is 2.18. The first-order chi connectivity index (χ1) is 13.7. The fraction of sp³-hybridized carbons (Fsp3) is 0.348. The molecule has 2 aromatic carbocycles. The second-order valence-electron chi connectivity index (χ2n) is 7.55. The quantitative estimate of drug-likeness (QED) is 0.695. The second-order valence-corrected chi connectivity index (χ2v) is 7.55. The first-order valence-corrected chi connectivity index (χ1v) is 10.1. The summed E-state index contributed by atoms with van der Waals surface area (Å²) >= 11 is 0. The van der Waals surface area contributed by atoms with E-state index < -0.39 is 0 Å². The summed E-state index contributed by atoms with van der Waals surface area (Å²) in [6.07, 6.45) is 2.36. The van der Waals surface area contributed by atoms with E-state index in [-0.39, 0.29) is 5.91 Å². The molecule has 2 heterocycles. The Kier molecular flexibility index (Phi) is 5.63. The molecule has 5 nitrogen and oxygen atoms in total. The molecule has 0 radical (unpaired) electrons. The predicted molar refractivity (Wildman–Crippen MR) is 115 cm³/mol. The number of hydrogen-bond donors (Lipinski definition) is 2. The smallest absolute Gasteiger partial charge is 0.224 e. The van der Waals surface area contributed by atoms with Gasteiger partial charge in [0.1, 0.15) is 0 Å². The molecule has 28 heavy (non-hydrogen) atoms. The van der Waals surface area contributed by atoms with E-state index in [0.717, 1.165) is 42.6 Å². The third-order valence-corrected chi connectivity index (χ3v) is 5.68. The van der Waals surface area contributed by atoms with Crippen LogP contribution in [0.2, 0.25) is 0 Å². The number of para-hydroxylation sites is 2. The molecule has 1 saturated heterocycles. The first kappa shape index (κ1) is 18.6. The molecule has 1 atom stereocenters. The number of nitrogens with zero attached hydrogens (tertiary/aromatic N) is 2. The van der Waals surface area contributed by atoms with Crippen molar-refractivity contribution >= 4 is 22.5 Å². The van der Waals surface area contributed by atoms with Gasteiger partial charge in [0.05, 0.1) is 6.42 Å². The van der Waals surface area contributed by atoms with Crippen molar-refractivity contribution in [3.05, 3.63) is 66.4 Å². The summed E-state index contributed by atoms with van der Waals surface area (Å²) in [4.78, 5) is 20.6. The van der Waals surface area contributed by atoms with Crippen LogP contribution in [0.25, 0.3) is 10.9 Å². The van der Waals surface area contributed by atoms with Gasteiger partial charge < -0.3 is 15.2 Å². The van der Waals surface area contributed by atoms with Crippen LogP contribution in [0, 0.1) is 0 Å². The molecule has 2 N–H and O–H groups in total. The zero-order valence-corrected chi connectivity index (χ0v) is 16.4. The van der Waals surface area contributed by atoms with Gasteiger partial charge in [0.2, 0.25) is 5.91 Å². The number of aromatic amines is 1. The van der Waals surface area contributed by atoms with Crippen LogP contribution >= 0.6 is 0 Å². The third kappa shape index (κ3) is 4.20. The van der Waals surface area contributed by atoms with E-state index >= 15 is 0 Å². The van der Waals surface area contributed by atoms with Crippen molar-refractivity contribution in [3.8, 4) is 0 Å². The van der Waals surface area contributed by atoms with Crippen molar-refractivity contribution < 1.29 is 4.79 Å². The molecule has 0 aliphatic carbocycles. The molecule has 1 aromatic heterocycles. The first-order valence-electron chi connectivity index (χ1n) is 10.1. The fourth-order valence-corrected chi connectivity index (χ4v) is 3.96. The van der Waals surface area contributed by atoms with E-state index in [1.54, 1.807) is 0 Å². The number of rotatable bonds is 6. The molecule has 1 amide bonds. The zero-order valence-electron chi connectivity index (χ0n) is 16.4. The number of anilines is 1. The molecular weight excluding hydrogens is 348 g/mol. The van der Waals surface area contributed by atoms with Crippen LogP contribution in [0.3, 0.4) is 0 Å². The molecule has 0 bridgehead atoms. The number of carbonyl (C=O) groups is 1. The molecule has 4 rings (SSSR count). The minimum Gasteiger partial charge on any atom is -0.369 e. The van der Waals surface area contributed by atoms with Gasteiger partial charge in [-0.05, 0) is 30.7 Å². The number of carbonyl (C=O) groups excluding carboxylic acids is 1. The maximum atomic E-state index is 12.4. The highest BCUT2D eigenvalue weighted by Gasteiger charge is 2.21. The number of H-pyrrole nitrogens is 1. The summed E-state index contributed by atoms with van der Waals surface area (Å²) < 4.78 is 0. The van der Waals surface area contributed by atoms with Crippen molar-refractivity contribution in [2.45, 2.75) is 19.4 Å². The van der Waals surface area contributed by atoms with Crippen molar-refractivity contribution in [3.63, 3.8) is 0 Å². The number of fused-ring (bicyclic) bond motifs is 1. The lowest BCUT2D eigenvalue weighted by Crippen LogP contribution is -2.52. The molecule has 1 fully saturated rings. The Hall–Kier alpha value is -2.79. The number of amides is 1. The molecule has 1 aliphatic heterocycles. The SMILES string of the molecule is CC(CNC(=O)Cc1c[nH]c2ccccc12)N1CCN(c2ccccc2)CC1. The number of hydrogen-bond acceptors (Lipinski definition) is 3. The van der Waals surface area contributed by atoms with Gasteiger partial charge in [0.15, 0.2) is 0 Å². The van der Waals surface area contributed by atoms with Gasteiger partial charge in [-0.1, -0.05) is 36.4 Å². The van der Waals surface area contributed by atoms with Gasteiger partial charge in [0.25, 0.3) is 0 Å². The molecule has 0 spiro atoms. The van der Waals surface area contributed by atoms with E-state index in [9.17, 15) is 4.79 Å². The number of benzene rings is 2. The third-order valence-electron chi connectivity index (χ3n) is 5.68. The van der Waals surface area contributed by atoms with E-state index in [1.807, 2.05) is 24.4 Å². The Morgan fingerprint density at radius 3 is 2.54 bits per heavy atom. The van der Waals surface area contributed by atoms with Crippen LogP contribution in [0.15, 0.2) is 60.8 Å². The molecule has 5 heteroatoms. The molecule has 3 aromatic rings. The summed E-state index contributed by atoms with van der Waals surface area (Å²) in [6.45, 7) is 6.98. The Morgan fingerprint density at radius 2 is 1.75 bits per heavy atom. The van der Waals surface area contributed by atoms with Gasteiger partial charge in [0, 0.05) is 61.6 Å². The highest BCUT2D eigenvalue weighted by molar-refractivity contribution is 5.88. The Balaban J connectivity index is 1.24. The number of nitrogens with one attached hydrogen (secondary N) is 2. The lowest BCUT2D eigenvalue weighted by molar-refractivity contribution is -0.120. The van der Waals surface area contributed by atoms with Crippen LogP contribution in [-0.2, 0) is 11.2 Å². The predicted octanol–water partition coefficient (Wildman–Crippen LogP) is 3.04. The summed E-state index contributed by atoms with van der Waals surface area (Å²) in [6, 6.07) is 19.0. The second kappa shape index (κ2) is 8.48. The number of aromatic nitrogens is 1. The highest BCUT2D eigenvalue weighted by atomic mass is 16.1. The standard InChI is InChI=1S/C23H28N4O/c1-18(26-11-13-27(14-12-26)20-7-3-2-4-8-20)16-25-23(28)15-19-17-24-22-10-6-5-9-21(19)22/h2-10,17-18,24H,11-16H2,1H3,(H,25,28). The van der Waals surface area contributed by atoms with Gasteiger partial charge >= 0.3 is 0 Å². The Morgan fingerprint density at radius 1 is 1.04 bits per heavy atom. The van der Waals surface area contributed by atoms with Crippen molar-refractivity contribution in [1.29, 1.82) is 0 Å². The van der Waals surface area contributed by atoms with Gasteiger partial charge in [-0.3, -0.25) is 9.69 Å². The molecule has 0 saturated carbocycles. The van der Waals surface area contributed by atoms with Crippen LogP contribution in [0.1, 0.15) is 12.5 Å². The monoisotopic (exact) mass is 376 g/mol. The minimum absolute atomic E-state index is 0.0829. The van der Waals surface area contributed by atoms with E-state index in [2.05, 4.69) is 63.4 Å². The van der Waals surface area contributed by atoms with Gasteiger partial charge in [-0.25, -0.2) is 0 Å². The fourth-order valence-electron chi connectivity index (χ4n) is 3.96. The molecular formula is C23H28N4O. The van der Waals surface area contributed by atoms with Crippen molar-refractivity contribution in [1.82, 2.24) is 15.2 Å². The van der Waals surface area contributed by atoms with E-state index in [4.69, 9.17) is 0 Å². The summed E-state index contributed by atoms with van der Waals surface area (Å²) in [7, 11) is 0. The molecule has 146 valence electrons. The van der Waals surface area contributed by atoms with Crippen LogP contribution < -0.4 is 10.2 Å². The Labute approximate surface area is 166 Å². The maximum absolute atomic E-state index is 12.4. The van der Waals surface area contributed by atoms with Crippen LogP contribution in [0.4, 0.5) is 5.69 Å². The van der Waals surface area contributed by atoms with Crippen LogP contribution in [0.5, 0.6) is 0 Å².